The van der Waals surface area contributed by atoms with E-state index in [1.54, 1.807) is 13.2 Å². The van der Waals surface area contributed by atoms with Crippen LogP contribution in [0.1, 0.15) is 30.9 Å². The van der Waals surface area contributed by atoms with E-state index in [2.05, 4.69) is 12.2 Å². The Balaban J connectivity index is 1.67. The Morgan fingerprint density at radius 2 is 1.94 bits per heavy atom. The Labute approximate surface area is 184 Å². The highest BCUT2D eigenvalue weighted by Crippen LogP contribution is 2.26. The first-order valence-corrected chi connectivity index (χ1v) is 10.5. The average Bonchev–Trinajstić information content (AvgIpc) is 2.93. The molecule has 2 aromatic carbocycles. The molecule has 0 radical (unpaired) electrons. The summed E-state index contributed by atoms with van der Waals surface area (Å²) in [6, 6.07) is 15.6. The van der Waals surface area contributed by atoms with Crippen molar-refractivity contribution >= 4 is 5.91 Å². The number of nitrogens with two attached hydrogens (primary N) is 1. The maximum Gasteiger partial charge on any atom is 0.253 e. The molecule has 5 nitrogen and oxygen atoms in total. The number of benzene rings is 2. The number of ether oxygens (including phenoxy) is 2. The summed E-state index contributed by atoms with van der Waals surface area (Å²) in [4.78, 5) is 12.8. The number of amides is 1. The molecule has 0 aromatic heterocycles. The van der Waals surface area contributed by atoms with E-state index in [1.807, 2.05) is 61.5 Å². The standard InChI is InChI=1S/C26H30N2O3/c1-4-20-15-24(27)23(13-12-21(20)17-30-3)26(29)28-16-19-9-7-10-22(14-19)31-25-11-6-5-8-18(25)2/h5-14H,4,15-17,27H2,1-3H3,(H,28,29). The van der Waals surface area contributed by atoms with Crippen LogP contribution in [0.25, 0.3) is 0 Å². The summed E-state index contributed by atoms with van der Waals surface area (Å²) in [6.45, 7) is 4.99. The second-order valence-electron chi connectivity index (χ2n) is 7.56. The number of nitrogens with one attached hydrogen (secondary N) is 1. The van der Waals surface area contributed by atoms with Gasteiger partial charge in [-0.2, -0.15) is 0 Å². The zero-order valence-electron chi connectivity index (χ0n) is 18.4. The maximum absolute atomic E-state index is 12.8. The van der Waals surface area contributed by atoms with Crippen LogP contribution in [0.2, 0.25) is 0 Å². The number of allylic oxidation sites excluding steroid dienone is 1. The number of para-hydroxylation sites is 1. The first-order valence-electron chi connectivity index (χ1n) is 10.5. The molecule has 5 heteroatoms. The monoisotopic (exact) mass is 418 g/mol. The van der Waals surface area contributed by atoms with Crippen molar-refractivity contribution in [1.29, 1.82) is 0 Å². The number of carbonyl (C=O) groups excluding carboxylic acids is 1. The van der Waals surface area contributed by atoms with E-state index in [0.717, 1.165) is 34.6 Å². The minimum atomic E-state index is -0.187. The summed E-state index contributed by atoms with van der Waals surface area (Å²) in [6.07, 6.45) is 5.17. The van der Waals surface area contributed by atoms with Crippen molar-refractivity contribution in [3.8, 4) is 11.5 Å². The molecule has 1 aliphatic rings. The lowest BCUT2D eigenvalue weighted by atomic mass is 10.0. The second kappa shape index (κ2) is 10.6. The summed E-state index contributed by atoms with van der Waals surface area (Å²) in [5.74, 6) is 1.36. The Hall–Kier alpha value is -3.31. The molecule has 0 atom stereocenters. The molecule has 0 bridgehead atoms. The van der Waals surface area contributed by atoms with E-state index >= 15 is 0 Å². The lowest BCUT2D eigenvalue weighted by Crippen LogP contribution is -2.26. The molecule has 0 saturated carbocycles. The number of methoxy groups -OCH3 is 1. The van der Waals surface area contributed by atoms with Gasteiger partial charge in [0.05, 0.1) is 12.2 Å². The van der Waals surface area contributed by atoms with E-state index in [9.17, 15) is 4.79 Å². The Morgan fingerprint density at radius 1 is 1.13 bits per heavy atom. The van der Waals surface area contributed by atoms with E-state index in [4.69, 9.17) is 15.2 Å². The number of carbonyl (C=O) groups is 1. The molecular formula is C26H30N2O3. The maximum atomic E-state index is 12.8. The van der Waals surface area contributed by atoms with Gasteiger partial charge in [-0.25, -0.2) is 0 Å². The zero-order chi connectivity index (χ0) is 22.2. The quantitative estimate of drug-likeness (QED) is 0.638. The lowest BCUT2D eigenvalue weighted by molar-refractivity contribution is -0.117. The van der Waals surface area contributed by atoms with Gasteiger partial charge in [0.2, 0.25) is 0 Å². The SMILES string of the molecule is CCC1=C(COC)C=CC(C(=O)NCc2cccc(Oc3ccccc3C)c2)=C(N)C1. The van der Waals surface area contributed by atoms with Gasteiger partial charge >= 0.3 is 0 Å². The van der Waals surface area contributed by atoms with Gasteiger partial charge in [-0.1, -0.05) is 48.9 Å². The van der Waals surface area contributed by atoms with Crippen LogP contribution in [0, 0.1) is 6.92 Å². The van der Waals surface area contributed by atoms with Gasteiger partial charge in [0.1, 0.15) is 11.5 Å². The summed E-state index contributed by atoms with van der Waals surface area (Å²) in [5.41, 5.74) is 11.6. The highest BCUT2D eigenvalue weighted by atomic mass is 16.5. The van der Waals surface area contributed by atoms with Crippen LogP contribution in [-0.2, 0) is 16.1 Å². The van der Waals surface area contributed by atoms with Gasteiger partial charge in [0.15, 0.2) is 0 Å². The largest absolute Gasteiger partial charge is 0.457 e. The van der Waals surface area contributed by atoms with E-state index in [1.165, 1.54) is 5.57 Å². The molecule has 0 spiro atoms. The summed E-state index contributed by atoms with van der Waals surface area (Å²) in [5, 5.41) is 2.98. The summed E-state index contributed by atoms with van der Waals surface area (Å²) < 4.78 is 11.3. The predicted molar refractivity (Wildman–Crippen MR) is 124 cm³/mol. The highest BCUT2D eigenvalue weighted by molar-refractivity contribution is 5.97. The highest BCUT2D eigenvalue weighted by Gasteiger charge is 2.16. The van der Waals surface area contributed by atoms with Gasteiger partial charge in [0, 0.05) is 25.8 Å². The van der Waals surface area contributed by atoms with Gasteiger partial charge in [-0.15, -0.1) is 0 Å². The minimum absolute atomic E-state index is 0.187. The van der Waals surface area contributed by atoms with Gasteiger partial charge in [-0.05, 0) is 54.3 Å². The molecule has 0 heterocycles. The molecule has 3 N–H and O–H groups in total. The van der Waals surface area contributed by atoms with Crippen LogP contribution >= 0.6 is 0 Å². The smallest absolute Gasteiger partial charge is 0.253 e. The predicted octanol–water partition coefficient (Wildman–Crippen LogP) is 4.93. The molecule has 0 saturated heterocycles. The fourth-order valence-corrected chi connectivity index (χ4v) is 3.52. The third-order valence-corrected chi connectivity index (χ3v) is 5.30. The first kappa shape index (κ1) is 22.4. The summed E-state index contributed by atoms with van der Waals surface area (Å²) in [7, 11) is 1.67. The molecule has 1 amide bonds. The molecule has 0 fully saturated rings. The van der Waals surface area contributed by atoms with Crippen molar-refractivity contribution < 1.29 is 14.3 Å². The Bertz CT molecular complexity index is 1030. The van der Waals surface area contributed by atoms with Crippen molar-refractivity contribution in [2.24, 2.45) is 5.73 Å². The third kappa shape index (κ3) is 5.86. The van der Waals surface area contributed by atoms with Crippen molar-refractivity contribution in [3.63, 3.8) is 0 Å². The molecule has 0 unspecified atom stereocenters. The van der Waals surface area contributed by atoms with Gasteiger partial charge in [-0.3, -0.25) is 4.79 Å². The molecule has 3 rings (SSSR count). The van der Waals surface area contributed by atoms with E-state index < -0.39 is 0 Å². The number of rotatable bonds is 8. The van der Waals surface area contributed by atoms with Crippen LogP contribution in [0.15, 0.2) is 83.1 Å². The number of aryl methyl sites for hydroxylation is 1. The minimum Gasteiger partial charge on any atom is -0.457 e. The van der Waals surface area contributed by atoms with Gasteiger partial charge < -0.3 is 20.5 Å². The second-order valence-corrected chi connectivity index (χ2v) is 7.56. The normalized spacial score (nSPS) is 13.9. The van der Waals surface area contributed by atoms with Crippen LogP contribution in [0.4, 0.5) is 0 Å². The molecule has 2 aromatic rings. The van der Waals surface area contributed by atoms with E-state index in [-0.39, 0.29) is 5.91 Å². The molecule has 0 aliphatic heterocycles. The van der Waals surface area contributed by atoms with Crippen molar-refractivity contribution in [1.82, 2.24) is 5.32 Å². The van der Waals surface area contributed by atoms with Crippen molar-refractivity contribution in [3.05, 3.63) is 94.2 Å². The van der Waals surface area contributed by atoms with E-state index in [0.29, 0.717) is 30.8 Å². The number of hydrogen-bond acceptors (Lipinski definition) is 4. The van der Waals surface area contributed by atoms with Crippen LogP contribution < -0.4 is 15.8 Å². The van der Waals surface area contributed by atoms with Crippen LogP contribution in [0.3, 0.4) is 0 Å². The fourth-order valence-electron chi connectivity index (χ4n) is 3.52. The molecule has 162 valence electrons. The third-order valence-electron chi connectivity index (χ3n) is 5.30. The van der Waals surface area contributed by atoms with Crippen LogP contribution in [0.5, 0.6) is 11.5 Å². The summed E-state index contributed by atoms with van der Waals surface area (Å²) >= 11 is 0. The Kier molecular flexibility index (Phi) is 7.68. The first-order chi connectivity index (χ1) is 15.0. The molecule has 31 heavy (non-hydrogen) atoms. The average molecular weight is 419 g/mol. The van der Waals surface area contributed by atoms with Crippen LogP contribution in [-0.4, -0.2) is 19.6 Å². The van der Waals surface area contributed by atoms with Gasteiger partial charge in [0.25, 0.3) is 5.91 Å². The molecule has 1 aliphatic carbocycles. The lowest BCUT2D eigenvalue weighted by Gasteiger charge is -2.12. The van der Waals surface area contributed by atoms with Crippen molar-refractivity contribution in [2.45, 2.75) is 33.2 Å². The Morgan fingerprint density at radius 3 is 2.68 bits per heavy atom. The molecular weight excluding hydrogens is 388 g/mol. The van der Waals surface area contributed by atoms with Crippen molar-refractivity contribution in [2.75, 3.05) is 13.7 Å². The topological polar surface area (TPSA) is 73.6 Å². The number of hydrogen-bond donors (Lipinski definition) is 2. The zero-order valence-corrected chi connectivity index (χ0v) is 18.4. The fraction of sp³-hybridized carbons (Fsp3) is 0.269.